The van der Waals surface area contributed by atoms with E-state index in [4.69, 9.17) is 9.47 Å². The Hall–Kier alpha value is -3.43. The van der Waals surface area contributed by atoms with Gasteiger partial charge in [0.15, 0.2) is 0 Å². The first-order chi connectivity index (χ1) is 17.4. The third kappa shape index (κ3) is 6.87. The molecule has 1 aromatic carbocycles. The quantitative estimate of drug-likeness (QED) is 0.399. The Labute approximate surface area is 217 Å². The number of carboxylic acids is 2. The highest BCUT2D eigenvalue weighted by Crippen LogP contribution is 2.43. The van der Waals surface area contributed by atoms with Gasteiger partial charge in [-0.25, -0.2) is 14.4 Å². The first-order valence-corrected chi connectivity index (χ1v) is 12.4. The summed E-state index contributed by atoms with van der Waals surface area (Å²) >= 11 is 0. The second-order valence-corrected chi connectivity index (χ2v) is 10.1. The molecule has 9 heteroatoms. The second kappa shape index (κ2) is 11.7. The zero-order valence-corrected chi connectivity index (χ0v) is 22.1. The summed E-state index contributed by atoms with van der Waals surface area (Å²) in [5.74, 6) is -3.93. The van der Waals surface area contributed by atoms with Gasteiger partial charge < -0.3 is 24.6 Å². The number of carboxylic acid groups (broad SMARTS) is 2. The molecule has 0 spiro atoms. The van der Waals surface area contributed by atoms with Crippen molar-refractivity contribution in [3.05, 3.63) is 64.0 Å². The highest BCUT2D eigenvalue weighted by Gasteiger charge is 2.40. The summed E-state index contributed by atoms with van der Waals surface area (Å²) in [5, 5.41) is 20.6. The van der Waals surface area contributed by atoms with Crippen LogP contribution in [0.25, 0.3) is 6.08 Å². The number of rotatable bonds is 8. The fourth-order valence-electron chi connectivity index (χ4n) is 4.79. The van der Waals surface area contributed by atoms with Crippen LogP contribution in [-0.4, -0.2) is 82.9 Å². The van der Waals surface area contributed by atoms with E-state index in [0.29, 0.717) is 48.8 Å². The molecule has 2 aliphatic rings. The van der Waals surface area contributed by atoms with E-state index >= 15 is 0 Å². The third-order valence-corrected chi connectivity index (χ3v) is 6.48. The van der Waals surface area contributed by atoms with Gasteiger partial charge in [-0.1, -0.05) is 24.3 Å². The van der Waals surface area contributed by atoms with Gasteiger partial charge in [0.2, 0.25) is 0 Å². The number of esters is 1. The Balaban J connectivity index is 2.04. The summed E-state index contributed by atoms with van der Waals surface area (Å²) < 4.78 is 10.7. The second-order valence-electron chi connectivity index (χ2n) is 10.1. The molecule has 0 aromatic heterocycles. The van der Waals surface area contributed by atoms with Crippen molar-refractivity contribution >= 4 is 24.0 Å². The van der Waals surface area contributed by atoms with Crippen LogP contribution in [-0.2, 0) is 23.9 Å². The number of aliphatic carboxylic acids is 2. The van der Waals surface area contributed by atoms with Crippen molar-refractivity contribution in [3.8, 4) is 0 Å². The maximum absolute atomic E-state index is 12.6. The average Bonchev–Trinajstić information content (AvgIpc) is 2.81. The lowest BCUT2D eigenvalue weighted by molar-refractivity contribution is -0.148. The minimum absolute atomic E-state index is 0.00287. The lowest BCUT2D eigenvalue weighted by Crippen LogP contribution is -2.42. The molecule has 0 saturated carbocycles. The largest absolute Gasteiger partial charge is 0.478 e. The SMILES string of the molecule is CC1=C(C(=O)O)C(c2ccccc2C=CC(=O)OC(C)(C)C)C(C(=O)O)=C(C)N1CCN1CCOCC1. The van der Waals surface area contributed by atoms with E-state index in [-0.39, 0.29) is 11.1 Å². The summed E-state index contributed by atoms with van der Waals surface area (Å²) in [4.78, 5) is 41.5. The first-order valence-electron chi connectivity index (χ1n) is 12.4. The highest BCUT2D eigenvalue weighted by atomic mass is 16.6. The first kappa shape index (κ1) is 28.1. The van der Waals surface area contributed by atoms with Crippen molar-refractivity contribution in [1.29, 1.82) is 0 Å². The summed E-state index contributed by atoms with van der Waals surface area (Å²) in [6.07, 6.45) is 2.81. The molecule has 2 aliphatic heterocycles. The Morgan fingerprint density at radius 1 is 1.00 bits per heavy atom. The summed E-state index contributed by atoms with van der Waals surface area (Å²) in [5.41, 5.74) is 1.37. The Morgan fingerprint density at radius 2 is 1.57 bits per heavy atom. The van der Waals surface area contributed by atoms with Gasteiger partial charge in [-0.05, 0) is 51.8 Å². The van der Waals surface area contributed by atoms with Gasteiger partial charge in [-0.15, -0.1) is 0 Å². The number of allylic oxidation sites excluding steroid dienone is 2. The molecular weight excluding hydrogens is 476 g/mol. The van der Waals surface area contributed by atoms with Gasteiger partial charge in [-0.2, -0.15) is 0 Å². The lowest BCUT2D eigenvalue weighted by Gasteiger charge is -2.38. The molecule has 2 N–H and O–H groups in total. The van der Waals surface area contributed by atoms with Crippen LogP contribution in [0.1, 0.15) is 51.7 Å². The van der Waals surface area contributed by atoms with Gasteiger partial charge in [0.1, 0.15) is 5.60 Å². The standard InChI is InChI=1S/C28H36N2O7/c1-18-23(26(32)33)25(21-9-7-6-8-20(21)10-11-22(31)37-28(3,4)5)24(27(34)35)19(2)30(18)13-12-29-14-16-36-17-15-29/h6-11,25H,12-17H2,1-5H3,(H,32,33)(H,34,35). The van der Waals surface area contributed by atoms with Gasteiger partial charge in [0.25, 0.3) is 0 Å². The van der Waals surface area contributed by atoms with E-state index in [1.807, 2.05) is 0 Å². The predicted octanol–water partition coefficient (Wildman–Crippen LogP) is 3.49. The fourth-order valence-corrected chi connectivity index (χ4v) is 4.79. The van der Waals surface area contributed by atoms with E-state index in [9.17, 15) is 24.6 Å². The van der Waals surface area contributed by atoms with Crippen LogP contribution in [0.4, 0.5) is 0 Å². The molecule has 37 heavy (non-hydrogen) atoms. The van der Waals surface area contributed by atoms with Crippen LogP contribution >= 0.6 is 0 Å². The number of nitrogens with zero attached hydrogens (tertiary/aromatic N) is 2. The normalized spacial score (nSPS) is 18.0. The maximum Gasteiger partial charge on any atom is 0.334 e. The topological polar surface area (TPSA) is 117 Å². The Kier molecular flexibility index (Phi) is 8.94. The van der Waals surface area contributed by atoms with Crippen LogP contribution in [0.3, 0.4) is 0 Å². The number of carbonyl (C=O) groups excluding carboxylic acids is 1. The van der Waals surface area contributed by atoms with Gasteiger partial charge in [-0.3, -0.25) is 4.90 Å². The Bertz CT molecular complexity index is 1100. The van der Waals surface area contributed by atoms with E-state index in [0.717, 1.165) is 13.1 Å². The summed E-state index contributed by atoms with van der Waals surface area (Å²) in [6.45, 7) is 12.7. The van der Waals surface area contributed by atoms with E-state index in [2.05, 4.69) is 4.90 Å². The maximum atomic E-state index is 12.6. The monoisotopic (exact) mass is 512 g/mol. The number of hydrogen-bond donors (Lipinski definition) is 2. The van der Waals surface area contributed by atoms with E-state index in [1.54, 1.807) is 63.8 Å². The molecule has 0 atom stereocenters. The number of hydrogen-bond acceptors (Lipinski definition) is 7. The molecule has 3 rings (SSSR count). The molecular formula is C28H36N2O7. The smallest absolute Gasteiger partial charge is 0.334 e. The average molecular weight is 513 g/mol. The third-order valence-electron chi connectivity index (χ3n) is 6.48. The number of ether oxygens (including phenoxy) is 2. The van der Waals surface area contributed by atoms with Crippen molar-refractivity contribution in [2.45, 2.75) is 46.1 Å². The molecule has 1 saturated heterocycles. The van der Waals surface area contributed by atoms with Crippen molar-refractivity contribution in [2.24, 2.45) is 0 Å². The van der Waals surface area contributed by atoms with Gasteiger partial charge in [0.05, 0.1) is 30.3 Å². The summed E-state index contributed by atoms with van der Waals surface area (Å²) in [7, 11) is 0. The molecule has 0 aliphatic carbocycles. The van der Waals surface area contributed by atoms with Crippen molar-refractivity contribution in [1.82, 2.24) is 9.80 Å². The van der Waals surface area contributed by atoms with Crippen LogP contribution in [0.15, 0.2) is 52.9 Å². The number of carbonyl (C=O) groups is 3. The molecule has 1 fully saturated rings. The molecule has 0 radical (unpaired) electrons. The van der Waals surface area contributed by atoms with Crippen molar-refractivity contribution < 1.29 is 34.1 Å². The van der Waals surface area contributed by atoms with Crippen molar-refractivity contribution in [2.75, 3.05) is 39.4 Å². The molecule has 2 heterocycles. The predicted molar refractivity (Wildman–Crippen MR) is 139 cm³/mol. The molecule has 0 amide bonds. The Morgan fingerprint density at radius 3 is 2.11 bits per heavy atom. The highest BCUT2D eigenvalue weighted by molar-refractivity contribution is 5.99. The van der Waals surface area contributed by atoms with Gasteiger partial charge >= 0.3 is 17.9 Å². The molecule has 9 nitrogen and oxygen atoms in total. The van der Waals surface area contributed by atoms with E-state index < -0.39 is 29.4 Å². The molecule has 0 bridgehead atoms. The van der Waals surface area contributed by atoms with Crippen molar-refractivity contribution in [3.63, 3.8) is 0 Å². The lowest BCUT2D eigenvalue weighted by atomic mass is 9.78. The van der Waals surface area contributed by atoms with Crippen LogP contribution in [0.2, 0.25) is 0 Å². The zero-order chi connectivity index (χ0) is 27.3. The molecule has 1 aromatic rings. The minimum atomic E-state index is -1.18. The van der Waals surface area contributed by atoms with Crippen LogP contribution in [0, 0.1) is 0 Å². The molecule has 0 unspecified atom stereocenters. The van der Waals surface area contributed by atoms with Crippen LogP contribution in [0.5, 0.6) is 0 Å². The number of benzene rings is 1. The molecule has 200 valence electrons. The van der Waals surface area contributed by atoms with Crippen LogP contribution < -0.4 is 0 Å². The zero-order valence-electron chi connectivity index (χ0n) is 22.1. The van der Waals surface area contributed by atoms with E-state index in [1.165, 1.54) is 12.2 Å². The minimum Gasteiger partial charge on any atom is -0.478 e. The summed E-state index contributed by atoms with van der Waals surface area (Å²) in [6, 6.07) is 6.91. The van der Waals surface area contributed by atoms with Gasteiger partial charge in [0, 0.05) is 43.6 Å². The number of morpholine rings is 1. The fraction of sp³-hybridized carbons (Fsp3) is 0.464.